The lowest BCUT2D eigenvalue weighted by atomic mass is 10.1. The summed E-state index contributed by atoms with van der Waals surface area (Å²) in [5, 5.41) is 1.54. The molecule has 0 radical (unpaired) electrons. The van der Waals surface area contributed by atoms with Crippen LogP contribution in [0.15, 0.2) is 40.6 Å². The quantitative estimate of drug-likeness (QED) is 0.574. The molecule has 0 N–H and O–H groups in total. The molecule has 1 aromatic carbocycles. The van der Waals surface area contributed by atoms with Crippen LogP contribution in [-0.2, 0) is 16.0 Å². The van der Waals surface area contributed by atoms with Gasteiger partial charge in [0.05, 0.1) is 0 Å². The Morgan fingerprint density at radius 1 is 1.36 bits per heavy atom. The van der Waals surface area contributed by atoms with Crippen molar-refractivity contribution in [2.75, 3.05) is 11.5 Å². The van der Waals surface area contributed by atoms with Gasteiger partial charge < -0.3 is 9.64 Å². The maximum Gasteiger partial charge on any atom is 0.349 e. The average molecular weight is 383 g/mol. The van der Waals surface area contributed by atoms with E-state index in [2.05, 4.69) is 0 Å². The van der Waals surface area contributed by atoms with Crippen molar-refractivity contribution in [2.24, 2.45) is 0 Å². The van der Waals surface area contributed by atoms with Gasteiger partial charge in [-0.05, 0) is 36.4 Å². The smallest absolute Gasteiger partial charge is 0.349 e. The summed E-state index contributed by atoms with van der Waals surface area (Å²) in [5.41, 5.74) is 1.89. The fourth-order valence-electron chi connectivity index (χ4n) is 2.84. The molecule has 0 spiro atoms. The van der Waals surface area contributed by atoms with Crippen molar-refractivity contribution in [3.63, 3.8) is 0 Å². The molecule has 8 heteroatoms. The van der Waals surface area contributed by atoms with Crippen molar-refractivity contribution in [1.29, 1.82) is 0 Å². The number of carbonyl (C=O) groups is 2. The SMILES string of the molecule is CC1Cc2ccccc2N1C(=O)COC(=O)c1sccc1SC(F)F. The number of benzene rings is 1. The first-order valence-electron chi connectivity index (χ1n) is 7.56. The van der Waals surface area contributed by atoms with Gasteiger partial charge in [-0.25, -0.2) is 4.79 Å². The fourth-order valence-corrected chi connectivity index (χ4v) is 4.43. The van der Waals surface area contributed by atoms with Crippen LogP contribution in [0.1, 0.15) is 22.2 Å². The molecule has 1 atom stereocenters. The molecule has 4 nitrogen and oxygen atoms in total. The van der Waals surface area contributed by atoms with Gasteiger partial charge in [0, 0.05) is 16.6 Å². The first-order valence-corrected chi connectivity index (χ1v) is 9.32. The predicted octanol–water partition coefficient (Wildman–Crippen LogP) is 4.20. The molecule has 25 heavy (non-hydrogen) atoms. The summed E-state index contributed by atoms with van der Waals surface area (Å²) < 4.78 is 30.1. The number of nitrogens with zero attached hydrogens (tertiary/aromatic N) is 1. The predicted molar refractivity (Wildman–Crippen MR) is 93.6 cm³/mol. The van der Waals surface area contributed by atoms with E-state index in [9.17, 15) is 18.4 Å². The van der Waals surface area contributed by atoms with E-state index in [0.717, 1.165) is 29.0 Å². The van der Waals surface area contributed by atoms with Crippen molar-refractivity contribution >= 4 is 40.7 Å². The number of amides is 1. The van der Waals surface area contributed by atoms with Crippen molar-refractivity contribution in [3.05, 3.63) is 46.2 Å². The molecule has 0 saturated heterocycles. The fraction of sp³-hybridized carbons (Fsp3) is 0.294. The van der Waals surface area contributed by atoms with Gasteiger partial charge in [-0.15, -0.1) is 11.3 Å². The monoisotopic (exact) mass is 383 g/mol. The number of thioether (sulfide) groups is 1. The molecular formula is C17H15F2NO3S2. The Hall–Kier alpha value is -1.93. The van der Waals surface area contributed by atoms with Gasteiger partial charge >= 0.3 is 5.97 Å². The third kappa shape index (κ3) is 3.85. The summed E-state index contributed by atoms with van der Waals surface area (Å²) in [6.07, 6.45) is 0.746. The number of rotatable bonds is 5. The number of carbonyl (C=O) groups excluding carboxylic acids is 2. The third-order valence-electron chi connectivity index (χ3n) is 3.83. The Kier molecular flexibility index (Phi) is 5.39. The van der Waals surface area contributed by atoms with Crippen LogP contribution in [0.4, 0.5) is 14.5 Å². The molecule has 1 aliphatic heterocycles. The number of thiophene rings is 1. The van der Waals surface area contributed by atoms with E-state index >= 15 is 0 Å². The minimum atomic E-state index is -2.62. The zero-order chi connectivity index (χ0) is 18.0. The number of hydrogen-bond donors (Lipinski definition) is 0. The minimum Gasteiger partial charge on any atom is -0.451 e. The Morgan fingerprint density at radius 2 is 2.12 bits per heavy atom. The lowest BCUT2D eigenvalue weighted by Gasteiger charge is -2.22. The molecule has 1 aromatic heterocycles. The van der Waals surface area contributed by atoms with Crippen LogP contribution in [0.3, 0.4) is 0 Å². The molecule has 1 aliphatic rings. The molecule has 0 aliphatic carbocycles. The number of esters is 1. The van der Waals surface area contributed by atoms with E-state index in [0.29, 0.717) is 11.8 Å². The average Bonchev–Trinajstić information content (AvgIpc) is 3.15. The van der Waals surface area contributed by atoms with Crippen molar-refractivity contribution in [1.82, 2.24) is 0 Å². The molecular weight excluding hydrogens is 368 g/mol. The van der Waals surface area contributed by atoms with Crippen LogP contribution in [0, 0.1) is 0 Å². The highest BCUT2D eigenvalue weighted by molar-refractivity contribution is 7.99. The first kappa shape index (κ1) is 17.9. The standard InChI is InChI=1S/C17H15F2NO3S2/c1-10-8-11-4-2-3-5-12(11)20(10)14(21)9-23-16(22)15-13(6-7-24-15)25-17(18)19/h2-7,10,17H,8-9H2,1H3. The maximum atomic E-state index is 12.5. The van der Waals surface area contributed by atoms with E-state index in [1.807, 2.05) is 31.2 Å². The summed E-state index contributed by atoms with van der Waals surface area (Å²) in [7, 11) is 0. The molecule has 2 aromatic rings. The van der Waals surface area contributed by atoms with Crippen LogP contribution in [0.2, 0.25) is 0 Å². The summed E-state index contributed by atoms with van der Waals surface area (Å²) in [5.74, 6) is -3.71. The van der Waals surface area contributed by atoms with E-state index in [1.165, 1.54) is 6.07 Å². The van der Waals surface area contributed by atoms with Crippen LogP contribution >= 0.6 is 23.1 Å². The molecule has 2 heterocycles. The first-order chi connectivity index (χ1) is 12.0. The molecule has 0 bridgehead atoms. The molecule has 1 unspecified atom stereocenters. The Balaban J connectivity index is 1.65. The molecule has 3 rings (SSSR count). The van der Waals surface area contributed by atoms with Gasteiger partial charge in [-0.2, -0.15) is 8.78 Å². The second-order valence-corrected chi connectivity index (χ2v) is 7.46. The van der Waals surface area contributed by atoms with Crippen LogP contribution in [-0.4, -0.2) is 30.3 Å². The van der Waals surface area contributed by atoms with Gasteiger partial charge in [0.1, 0.15) is 4.88 Å². The summed E-state index contributed by atoms with van der Waals surface area (Å²) in [6.45, 7) is 1.50. The van der Waals surface area contributed by atoms with E-state index < -0.39 is 18.3 Å². The van der Waals surface area contributed by atoms with Gasteiger partial charge in [-0.3, -0.25) is 4.79 Å². The van der Waals surface area contributed by atoms with E-state index in [-0.39, 0.29) is 21.7 Å². The molecule has 1 amide bonds. The second kappa shape index (κ2) is 7.53. The normalized spacial score (nSPS) is 16.2. The number of para-hydroxylation sites is 1. The number of ether oxygens (including phenoxy) is 1. The minimum absolute atomic E-state index is 0.0183. The molecule has 0 fully saturated rings. The number of fused-ring (bicyclic) bond motifs is 1. The Bertz CT molecular complexity index is 794. The van der Waals surface area contributed by atoms with E-state index in [1.54, 1.807) is 10.3 Å². The van der Waals surface area contributed by atoms with Gasteiger partial charge in [0.15, 0.2) is 6.61 Å². The topological polar surface area (TPSA) is 46.6 Å². The van der Waals surface area contributed by atoms with Gasteiger partial charge in [0.25, 0.3) is 11.7 Å². The van der Waals surface area contributed by atoms with Crippen LogP contribution in [0.5, 0.6) is 0 Å². The lowest BCUT2D eigenvalue weighted by molar-refractivity contribution is -0.122. The largest absolute Gasteiger partial charge is 0.451 e. The lowest BCUT2D eigenvalue weighted by Crippen LogP contribution is -2.38. The Morgan fingerprint density at radius 3 is 2.88 bits per heavy atom. The zero-order valence-corrected chi connectivity index (χ0v) is 14.9. The molecule has 132 valence electrons. The highest BCUT2D eigenvalue weighted by Crippen LogP contribution is 2.33. The van der Waals surface area contributed by atoms with Crippen molar-refractivity contribution in [3.8, 4) is 0 Å². The maximum absolute atomic E-state index is 12.5. The number of anilines is 1. The van der Waals surface area contributed by atoms with Crippen molar-refractivity contribution in [2.45, 2.75) is 30.0 Å². The number of halogens is 2. The highest BCUT2D eigenvalue weighted by atomic mass is 32.2. The molecule has 0 saturated carbocycles. The number of alkyl halides is 2. The summed E-state index contributed by atoms with van der Waals surface area (Å²) >= 11 is 1.31. The van der Waals surface area contributed by atoms with Crippen LogP contribution in [0.25, 0.3) is 0 Å². The van der Waals surface area contributed by atoms with Crippen LogP contribution < -0.4 is 4.90 Å². The van der Waals surface area contributed by atoms with Crippen molar-refractivity contribution < 1.29 is 23.1 Å². The third-order valence-corrected chi connectivity index (χ3v) is 5.63. The number of hydrogen-bond acceptors (Lipinski definition) is 5. The highest BCUT2D eigenvalue weighted by Gasteiger charge is 2.31. The summed E-state index contributed by atoms with van der Waals surface area (Å²) in [4.78, 5) is 26.5. The Labute approximate surface area is 151 Å². The van der Waals surface area contributed by atoms with Gasteiger partial charge in [-0.1, -0.05) is 30.0 Å². The van der Waals surface area contributed by atoms with Gasteiger partial charge in [0.2, 0.25) is 0 Å². The summed E-state index contributed by atoms with van der Waals surface area (Å²) in [6, 6.07) is 9.01. The zero-order valence-electron chi connectivity index (χ0n) is 13.3. The second-order valence-electron chi connectivity index (χ2n) is 5.51. The van der Waals surface area contributed by atoms with E-state index in [4.69, 9.17) is 4.74 Å².